The van der Waals surface area contributed by atoms with E-state index in [0.717, 1.165) is 18.4 Å². The SMILES string of the molecule is CC(C)(C)OC(=O)N1CCC(n2cc(-c3cc(-c4ccccc4O)nnc3N)cn2)CC1. The zero-order chi connectivity index (χ0) is 22.9. The van der Waals surface area contributed by atoms with Gasteiger partial charge in [-0.2, -0.15) is 5.10 Å². The molecule has 168 valence electrons. The predicted molar refractivity (Wildman–Crippen MR) is 121 cm³/mol. The van der Waals surface area contributed by atoms with Crippen molar-refractivity contribution in [2.75, 3.05) is 18.8 Å². The molecule has 1 saturated heterocycles. The van der Waals surface area contributed by atoms with Crippen molar-refractivity contribution in [1.29, 1.82) is 0 Å². The lowest BCUT2D eigenvalue weighted by molar-refractivity contribution is 0.0185. The second-order valence-electron chi connectivity index (χ2n) is 8.95. The van der Waals surface area contributed by atoms with Gasteiger partial charge in [0, 0.05) is 36.0 Å². The molecule has 3 heterocycles. The molecule has 0 atom stereocenters. The quantitative estimate of drug-likeness (QED) is 0.639. The van der Waals surface area contributed by atoms with Crippen LogP contribution in [0.1, 0.15) is 39.7 Å². The van der Waals surface area contributed by atoms with Gasteiger partial charge in [-0.25, -0.2) is 4.79 Å². The minimum absolute atomic E-state index is 0.130. The van der Waals surface area contributed by atoms with Crippen LogP contribution in [-0.4, -0.2) is 54.8 Å². The van der Waals surface area contributed by atoms with E-state index in [1.165, 1.54) is 0 Å². The van der Waals surface area contributed by atoms with Crippen molar-refractivity contribution in [3.05, 3.63) is 42.7 Å². The highest BCUT2D eigenvalue weighted by atomic mass is 16.6. The van der Waals surface area contributed by atoms with Crippen molar-refractivity contribution in [2.24, 2.45) is 0 Å². The van der Waals surface area contributed by atoms with Gasteiger partial charge in [-0.3, -0.25) is 4.68 Å². The summed E-state index contributed by atoms with van der Waals surface area (Å²) in [5, 5.41) is 22.9. The molecule has 0 radical (unpaired) electrons. The zero-order valence-corrected chi connectivity index (χ0v) is 18.5. The first kappa shape index (κ1) is 21.6. The molecular weight excluding hydrogens is 408 g/mol. The van der Waals surface area contributed by atoms with Gasteiger partial charge in [-0.1, -0.05) is 12.1 Å². The maximum Gasteiger partial charge on any atom is 0.410 e. The van der Waals surface area contributed by atoms with Crippen molar-refractivity contribution in [2.45, 2.75) is 45.3 Å². The van der Waals surface area contributed by atoms with Gasteiger partial charge in [-0.05, 0) is 51.8 Å². The Morgan fingerprint density at radius 2 is 1.88 bits per heavy atom. The standard InChI is InChI=1S/C23H28N6O3/c1-23(2,3)32-22(31)28-10-8-16(9-11-28)29-14-15(13-25-29)18-12-19(26-27-21(18)24)17-6-4-5-7-20(17)30/h4-7,12-14,16,30H,8-11H2,1-3H3,(H2,24,27). The monoisotopic (exact) mass is 436 g/mol. The van der Waals surface area contributed by atoms with Crippen LogP contribution in [0.3, 0.4) is 0 Å². The highest BCUT2D eigenvalue weighted by Gasteiger charge is 2.28. The molecule has 3 N–H and O–H groups in total. The number of benzene rings is 1. The fourth-order valence-corrected chi connectivity index (χ4v) is 3.77. The van der Waals surface area contributed by atoms with Crippen LogP contribution >= 0.6 is 0 Å². The molecule has 0 aliphatic carbocycles. The van der Waals surface area contributed by atoms with Gasteiger partial charge >= 0.3 is 6.09 Å². The van der Waals surface area contributed by atoms with Gasteiger partial charge in [0.15, 0.2) is 5.82 Å². The molecule has 4 rings (SSSR count). The Kier molecular flexibility index (Phi) is 5.73. The summed E-state index contributed by atoms with van der Waals surface area (Å²) in [6, 6.07) is 8.95. The summed E-state index contributed by atoms with van der Waals surface area (Å²) < 4.78 is 7.39. The Morgan fingerprint density at radius 3 is 2.56 bits per heavy atom. The van der Waals surface area contributed by atoms with E-state index in [1.54, 1.807) is 29.3 Å². The first-order chi connectivity index (χ1) is 15.2. The van der Waals surface area contributed by atoms with E-state index in [4.69, 9.17) is 10.5 Å². The van der Waals surface area contributed by atoms with Crippen molar-refractivity contribution >= 4 is 11.9 Å². The van der Waals surface area contributed by atoms with E-state index in [1.807, 2.05) is 43.8 Å². The van der Waals surface area contributed by atoms with Gasteiger partial charge < -0.3 is 20.5 Å². The van der Waals surface area contributed by atoms with E-state index >= 15 is 0 Å². The van der Waals surface area contributed by atoms with Crippen LogP contribution in [0.25, 0.3) is 22.4 Å². The van der Waals surface area contributed by atoms with E-state index in [9.17, 15) is 9.90 Å². The van der Waals surface area contributed by atoms with Gasteiger partial charge in [-0.15, -0.1) is 10.2 Å². The summed E-state index contributed by atoms with van der Waals surface area (Å²) in [7, 11) is 0. The van der Waals surface area contributed by atoms with Gasteiger partial charge in [0.05, 0.1) is 17.9 Å². The average Bonchev–Trinajstić information content (AvgIpc) is 3.23. The number of phenolic OH excluding ortho intramolecular Hbond substituents is 1. The minimum Gasteiger partial charge on any atom is -0.507 e. The number of rotatable bonds is 3. The number of phenols is 1. The smallest absolute Gasteiger partial charge is 0.410 e. The van der Waals surface area contributed by atoms with E-state index in [2.05, 4.69) is 15.3 Å². The van der Waals surface area contributed by atoms with Crippen molar-refractivity contribution < 1.29 is 14.6 Å². The number of anilines is 1. The number of nitrogen functional groups attached to an aromatic ring is 1. The lowest BCUT2D eigenvalue weighted by Gasteiger charge is -2.33. The number of piperidine rings is 1. The van der Waals surface area contributed by atoms with Crippen LogP contribution in [-0.2, 0) is 4.74 Å². The van der Waals surface area contributed by atoms with Crippen LogP contribution in [0.15, 0.2) is 42.7 Å². The third kappa shape index (κ3) is 4.66. The molecule has 0 bridgehead atoms. The molecule has 1 aromatic carbocycles. The first-order valence-corrected chi connectivity index (χ1v) is 10.7. The topological polar surface area (TPSA) is 119 Å². The van der Waals surface area contributed by atoms with Gasteiger partial charge in [0.25, 0.3) is 0 Å². The number of nitrogens with two attached hydrogens (primary N) is 1. The summed E-state index contributed by atoms with van der Waals surface area (Å²) in [6.07, 6.45) is 4.99. The molecule has 0 saturated carbocycles. The molecule has 32 heavy (non-hydrogen) atoms. The largest absolute Gasteiger partial charge is 0.507 e. The van der Waals surface area contributed by atoms with Crippen LogP contribution in [0.2, 0.25) is 0 Å². The summed E-state index contributed by atoms with van der Waals surface area (Å²) in [6.45, 7) is 6.84. The molecule has 2 aromatic heterocycles. The number of hydrogen-bond acceptors (Lipinski definition) is 7. The number of nitrogens with zero attached hydrogens (tertiary/aromatic N) is 5. The van der Waals surface area contributed by atoms with Crippen molar-refractivity contribution in [3.8, 4) is 28.1 Å². The number of aromatic nitrogens is 4. The Labute approximate surface area is 186 Å². The Morgan fingerprint density at radius 1 is 1.16 bits per heavy atom. The molecule has 0 unspecified atom stereocenters. The molecule has 0 spiro atoms. The third-order valence-corrected chi connectivity index (χ3v) is 5.41. The van der Waals surface area contributed by atoms with Crippen molar-refractivity contribution in [3.63, 3.8) is 0 Å². The van der Waals surface area contributed by atoms with Gasteiger partial charge in [0.1, 0.15) is 11.4 Å². The molecular formula is C23H28N6O3. The summed E-state index contributed by atoms with van der Waals surface area (Å²) in [5.74, 6) is 0.424. The third-order valence-electron chi connectivity index (χ3n) is 5.41. The molecule has 3 aromatic rings. The lowest BCUT2D eigenvalue weighted by atomic mass is 10.0. The predicted octanol–water partition coefficient (Wildman–Crippen LogP) is 3.87. The summed E-state index contributed by atoms with van der Waals surface area (Å²) >= 11 is 0. The number of carbonyl (C=O) groups is 1. The minimum atomic E-state index is -0.501. The average molecular weight is 437 g/mol. The highest BCUT2D eigenvalue weighted by Crippen LogP contribution is 2.33. The van der Waals surface area contributed by atoms with E-state index in [0.29, 0.717) is 35.7 Å². The van der Waals surface area contributed by atoms with Crippen LogP contribution in [0.5, 0.6) is 5.75 Å². The van der Waals surface area contributed by atoms with Crippen LogP contribution in [0.4, 0.5) is 10.6 Å². The highest BCUT2D eigenvalue weighted by molar-refractivity contribution is 5.78. The van der Waals surface area contributed by atoms with Crippen LogP contribution in [0, 0.1) is 0 Å². The molecule has 9 nitrogen and oxygen atoms in total. The van der Waals surface area contributed by atoms with Crippen molar-refractivity contribution in [1.82, 2.24) is 24.9 Å². The fourth-order valence-electron chi connectivity index (χ4n) is 3.77. The first-order valence-electron chi connectivity index (χ1n) is 10.7. The summed E-state index contributed by atoms with van der Waals surface area (Å²) in [4.78, 5) is 14.0. The molecule has 1 amide bonds. The number of carbonyl (C=O) groups excluding carboxylic acids is 1. The number of aromatic hydroxyl groups is 1. The summed E-state index contributed by atoms with van der Waals surface area (Å²) in [5.41, 5.74) is 8.24. The van der Waals surface area contributed by atoms with E-state index < -0.39 is 5.60 Å². The molecule has 1 aliphatic heterocycles. The Hall–Kier alpha value is -3.62. The lowest BCUT2D eigenvalue weighted by Crippen LogP contribution is -2.42. The number of likely N-dealkylation sites (tertiary alicyclic amines) is 1. The zero-order valence-electron chi connectivity index (χ0n) is 18.5. The number of ether oxygens (including phenoxy) is 1. The maximum atomic E-state index is 12.3. The molecule has 1 aliphatic rings. The normalized spacial score (nSPS) is 15.0. The molecule has 9 heteroatoms. The van der Waals surface area contributed by atoms with Gasteiger partial charge in [0.2, 0.25) is 0 Å². The Balaban J connectivity index is 1.49. The Bertz CT molecular complexity index is 1110. The number of para-hydroxylation sites is 1. The second kappa shape index (κ2) is 8.49. The maximum absolute atomic E-state index is 12.3. The number of hydrogen-bond donors (Lipinski definition) is 2. The molecule has 1 fully saturated rings. The second-order valence-corrected chi connectivity index (χ2v) is 8.95. The fraction of sp³-hybridized carbons (Fsp3) is 0.391. The number of amides is 1. The van der Waals surface area contributed by atoms with Crippen LogP contribution < -0.4 is 5.73 Å². The van der Waals surface area contributed by atoms with E-state index in [-0.39, 0.29) is 17.9 Å².